The molecule has 2 aromatic heterocycles. The maximum atomic E-state index is 14.2. The average molecular weight is 396 g/mol. The Morgan fingerprint density at radius 2 is 1.66 bits per heavy atom. The van der Waals surface area contributed by atoms with Crippen LogP contribution in [0, 0.1) is 11.6 Å². The molecule has 0 amide bonds. The molecule has 0 radical (unpaired) electrons. The van der Waals surface area contributed by atoms with Crippen molar-refractivity contribution in [3.8, 4) is 0 Å². The first-order chi connectivity index (χ1) is 13.6. The first-order valence-electron chi connectivity index (χ1n) is 9.40. The molecule has 4 aromatic rings. The normalized spacial score (nSPS) is 18.3. The second kappa shape index (κ2) is 5.67. The lowest BCUT2D eigenvalue weighted by atomic mass is 9.77. The van der Waals surface area contributed by atoms with E-state index in [1.807, 2.05) is 39.8 Å². The summed E-state index contributed by atoms with van der Waals surface area (Å²) < 4.78 is 41.9. The molecule has 5 nitrogen and oxygen atoms in total. The molecule has 1 saturated heterocycles. The topological polar surface area (TPSA) is 55.7 Å². The van der Waals surface area contributed by atoms with Gasteiger partial charge in [-0.1, -0.05) is 12.1 Å². The number of nitrogens with zero attached hydrogens (tertiary/aromatic N) is 1. The number of rotatable bonds is 1. The zero-order valence-electron chi connectivity index (χ0n) is 16.5. The van der Waals surface area contributed by atoms with Crippen LogP contribution in [0.15, 0.2) is 41.2 Å². The third kappa shape index (κ3) is 2.49. The van der Waals surface area contributed by atoms with Crippen molar-refractivity contribution in [2.45, 2.75) is 38.9 Å². The number of fused-ring (bicyclic) bond motifs is 5. The molecule has 0 aliphatic carbocycles. The number of H-pyrrole nitrogens is 1. The third-order valence-corrected chi connectivity index (χ3v) is 6.15. The maximum Gasteiger partial charge on any atom is 0.495 e. The highest BCUT2D eigenvalue weighted by Crippen LogP contribution is 2.37. The number of nitrogens with one attached hydrogen (secondary N) is 1. The number of hydrogen-bond acceptors (Lipinski definition) is 3. The molecule has 0 unspecified atom stereocenters. The molecule has 3 heterocycles. The zero-order chi connectivity index (χ0) is 20.7. The lowest BCUT2D eigenvalue weighted by Gasteiger charge is -2.32. The average Bonchev–Trinajstić information content (AvgIpc) is 3.11. The molecular weight excluding hydrogens is 377 g/mol. The van der Waals surface area contributed by atoms with Crippen molar-refractivity contribution in [2.24, 2.45) is 0 Å². The summed E-state index contributed by atoms with van der Waals surface area (Å²) in [5, 5.41) is 1.02. The molecular formula is C21H19BF2N2O3. The maximum absolute atomic E-state index is 14.2. The van der Waals surface area contributed by atoms with Crippen molar-refractivity contribution in [3.63, 3.8) is 0 Å². The van der Waals surface area contributed by atoms with Crippen LogP contribution in [0.3, 0.4) is 0 Å². The molecule has 8 heteroatoms. The van der Waals surface area contributed by atoms with Crippen LogP contribution in [-0.2, 0) is 9.31 Å². The summed E-state index contributed by atoms with van der Waals surface area (Å²) in [6.07, 6.45) is 0. The van der Waals surface area contributed by atoms with Gasteiger partial charge in [0.05, 0.1) is 27.8 Å². The Balaban J connectivity index is 1.84. The van der Waals surface area contributed by atoms with E-state index in [-0.39, 0.29) is 10.9 Å². The van der Waals surface area contributed by atoms with E-state index < -0.39 is 35.6 Å². The summed E-state index contributed by atoms with van der Waals surface area (Å²) in [5.74, 6) is -1.52. The molecule has 2 aromatic carbocycles. The van der Waals surface area contributed by atoms with Gasteiger partial charge in [-0.15, -0.1) is 0 Å². The van der Waals surface area contributed by atoms with Crippen LogP contribution in [0.4, 0.5) is 8.78 Å². The summed E-state index contributed by atoms with van der Waals surface area (Å²) >= 11 is 0. The van der Waals surface area contributed by atoms with E-state index in [1.54, 1.807) is 12.1 Å². The number of aromatic nitrogens is 2. The monoisotopic (exact) mass is 396 g/mol. The van der Waals surface area contributed by atoms with E-state index in [2.05, 4.69) is 4.98 Å². The minimum absolute atomic E-state index is 0.0242. The molecule has 1 aliphatic rings. The van der Waals surface area contributed by atoms with Gasteiger partial charge in [-0.25, -0.2) is 13.6 Å². The summed E-state index contributed by atoms with van der Waals surface area (Å²) in [6.45, 7) is 7.86. The highest BCUT2D eigenvalue weighted by atomic mass is 19.1. The number of halogens is 2. The molecule has 29 heavy (non-hydrogen) atoms. The molecule has 0 saturated carbocycles. The second-order valence-electron chi connectivity index (χ2n) is 8.47. The van der Waals surface area contributed by atoms with Gasteiger partial charge >= 0.3 is 12.8 Å². The smallest absolute Gasteiger partial charge is 0.399 e. The van der Waals surface area contributed by atoms with Crippen LogP contribution in [0.2, 0.25) is 0 Å². The Hall–Kier alpha value is -2.71. The SMILES string of the molecule is CC1(C)OB(c2cccc3c2cc2c4cc(F)cc(F)c4[nH]c(=O)n32)OC1(C)C. The zero-order valence-corrected chi connectivity index (χ0v) is 16.5. The van der Waals surface area contributed by atoms with Gasteiger partial charge in [-0.2, -0.15) is 0 Å². The fraction of sp³-hybridized carbons (Fsp3) is 0.286. The Morgan fingerprint density at radius 3 is 2.34 bits per heavy atom. The molecule has 1 aliphatic heterocycles. The summed E-state index contributed by atoms with van der Waals surface area (Å²) in [5.41, 5.74) is 0.226. The highest BCUT2D eigenvalue weighted by Gasteiger charge is 2.52. The molecule has 0 atom stereocenters. The molecule has 0 bridgehead atoms. The van der Waals surface area contributed by atoms with Crippen LogP contribution in [0.5, 0.6) is 0 Å². The summed E-state index contributed by atoms with van der Waals surface area (Å²) in [6, 6.07) is 9.20. The summed E-state index contributed by atoms with van der Waals surface area (Å²) in [7, 11) is -0.625. The van der Waals surface area contributed by atoms with Crippen molar-refractivity contribution in [2.75, 3.05) is 0 Å². The van der Waals surface area contributed by atoms with Crippen LogP contribution in [0.1, 0.15) is 27.7 Å². The Bertz CT molecular complexity index is 1360. The van der Waals surface area contributed by atoms with Crippen molar-refractivity contribution in [1.29, 1.82) is 0 Å². The van der Waals surface area contributed by atoms with Gasteiger partial charge in [0.2, 0.25) is 0 Å². The molecule has 148 valence electrons. The highest BCUT2D eigenvalue weighted by molar-refractivity contribution is 6.65. The number of aromatic amines is 1. The van der Waals surface area contributed by atoms with Gasteiger partial charge < -0.3 is 14.3 Å². The lowest BCUT2D eigenvalue weighted by Crippen LogP contribution is -2.41. The van der Waals surface area contributed by atoms with Crippen LogP contribution >= 0.6 is 0 Å². The van der Waals surface area contributed by atoms with E-state index >= 15 is 0 Å². The first kappa shape index (κ1) is 18.3. The summed E-state index contributed by atoms with van der Waals surface area (Å²) in [4.78, 5) is 15.3. The fourth-order valence-corrected chi connectivity index (χ4v) is 3.91. The third-order valence-electron chi connectivity index (χ3n) is 6.15. The predicted octanol–water partition coefficient (Wildman–Crippen LogP) is 3.51. The first-order valence-corrected chi connectivity index (χ1v) is 9.40. The van der Waals surface area contributed by atoms with E-state index in [0.29, 0.717) is 11.0 Å². The Labute approximate surface area is 165 Å². The fourth-order valence-electron chi connectivity index (χ4n) is 3.91. The molecule has 1 N–H and O–H groups in total. The van der Waals surface area contributed by atoms with Gasteiger partial charge in [0.15, 0.2) is 0 Å². The Morgan fingerprint density at radius 1 is 0.966 bits per heavy atom. The van der Waals surface area contributed by atoms with Gasteiger partial charge in [0.25, 0.3) is 0 Å². The van der Waals surface area contributed by atoms with E-state index in [9.17, 15) is 13.6 Å². The quantitative estimate of drug-likeness (QED) is 0.501. The van der Waals surface area contributed by atoms with E-state index in [1.165, 1.54) is 10.5 Å². The van der Waals surface area contributed by atoms with E-state index in [4.69, 9.17) is 9.31 Å². The molecule has 1 fully saturated rings. The predicted molar refractivity (Wildman–Crippen MR) is 109 cm³/mol. The standard InChI is InChI=1S/C21H19BF2N2O3/c1-20(2)21(3,4)29-22(28-20)14-6-5-7-16-12(14)10-17-13-8-11(23)9-15(24)18(13)25-19(27)26(16)17/h5-10H,1-4H3,(H,25,27). The Kier molecular flexibility index (Phi) is 3.59. The van der Waals surface area contributed by atoms with Gasteiger partial charge in [-0.3, -0.25) is 4.40 Å². The van der Waals surface area contributed by atoms with Crippen LogP contribution < -0.4 is 11.2 Å². The van der Waals surface area contributed by atoms with E-state index in [0.717, 1.165) is 16.9 Å². The van der Waals surface area contributed by atoms with Gasteiger partial charge in [-0.05, 0) is 51.4 Å². The van der Waals surface area contributed by atoms with Crippen molar-refractivity contribution >= 4 is 39.9 Å². The minimum atomic E-state index is -0.809. The molecule has 5 rings (SSSR count). The van der Waals surface area contributed by atoms with Crippen LogP contribution in [-0.4, -0.2) is 27.7 Å². The minimum Gasteiger partial charge on any atom is -0.399 e. The largest absolute Gasteiger partial charge is 0.495 e. The number of hydrogen-bond donors (Lipinski definition) is 1. The van der Waals surface area contributed by atoms with Gasteiger partial charge in [0.1, 0.15) is 11.6 Å². The number of benzene rings is 2. The molecule has 0 spiro atoms. The lowest BCUT2D eigenvalue weighted by molar-refractivity contribution is 0.00578. The van der Waals surface area contributed by atoms with Crippen molar-refractivity contribution < 1.29 is 18.1 Å². The van der Waals surface area contributed by atoms with Crippen LogP contribution in [0.25, 0.3) is 27.3 Å². The van der Waals surface area contributed by atoms with Crippen molar-refractivity contribution in [3.05, 3.63) is 58.5 Å². The van der Waals surface area contributed by atoms with Crippen molar-refractivity contribution in [1.82, 2.24) is 9.38 Å². The van der Waals surface area contributed by atoms with Gasteiger partial charge in [0, 0.05) is 16.8 Å². The second-order valence-corrected chi connectivity index (χ2v) is 8.47.